The van der Waals surface area contributed by atoms with Crippen molar-refractivity contribution in [2.45, 2.75) is 19.4 Å². The Morgan fingerprint density at radius 1 is 1.39 bits per heavy atom. The number of hydroxylamine groups is 1. The van der Waals surface area contributed by atoms with Crippen LogP contribution in [0.4, 0.5) is 0 Å². The first-order valence-electron chi connectivity index (χ1n) is 7.18. The highest BCUT2D eigenvalue weighted by molar-refractivity contribution is 5.79. The zero-order chi connectivity index (χ0) is 16.4. The Morgan fingerprint density at radius 2 is 2.17 bits per heavy atom. The molecule has 3 rings (SSSR count). The molecule has 1 aliphatic carbocycles. The summed E-state index contributed by atoms with van der Waals surface area (Å²) in [5.41, 5.74) is 3.11. The van der Waals surface area contributed by atoms with E-state index in [1.807, 2.05) is 0 Å². The third kappa shape index (κ3) is 3.09. The number of methoxy groups -OCH3 is 1. The number of tetrazole rings is 1. The predicted molar refractivity (Wildman–Crippen MR) is 78.8 cm³/mol. The van der Waals surface area contributed by atoms with Crippen molar-refractivity contribution in [2.75, 3.05) is 7.11 Å². The average Bonchev–Trinajstić information content (AvgIpc) is 3.35. The van der Waals surface area contributed by atoms with Crippen LogP contribution in [0.1, 0.15) is 18.4 Å². The first-order chi connectivity index (χ1) is 11.1. The Bertz CT molecular complexity index is 778. The van der Waals surface area contributed by atoms with E-state index < -0.39 is 0 Å². The Hall–Kier alpha value is -2.68. The van der Waals surface area contributed by atoms with Crippen LogP contribution in [0, 0.1) is 5.92 Å². The molecule has 122 valence electrons. The van der Waals surface area contributed by atoms with Crippen molar-refractivity contribution in [2.24, 2.45) is 13.0 Å². The highest BCUT2D eigenvalue weighted by atomic mass is 16.7. The van der Waals surface area contributed by atoms with E-state index in [4.69, 9.17) is 9.57 Å². The number of nitrogens with zero attached hydrogens (tertiary/aromatic N) is 4. The molecule has 1 amide bonds. The second-order valence-electron chi connectivity index (χ2n) is 5.28. The number of aromatic nitrogens is 4. The number of hydrogen-bond acceptors (Lipinski definition) is 6. The second-order valence-corrected chi connectivity index (χ2v) is 5.28. The fraction of sp³-hybridized carbons (Fsp3) is 0.429. The van der Waals surface area contributed by atoms with Gasteiger partial charge < -0.3 is 4.74 Å². The Labute approximate surface area is 131 Å². The molecule has 0 saturated heterocycles. The number of hydrogen-bond donors (Lipinski definition) is 1. The standard InChI is InChI=1S/C14H17N5O4/c1-18-14(21)19(17-16-18)11-4-3-5-12(22-2)10(11)8-23-15-13(20)9-6-7-9/h3-5,9H,6-8H2,1-2H3,(H,15,20). The number of ether oxygens (including phenoxy) is 1. The normalized spacial score (nSPS) is 13.8. The van der Waals surface area contributed by atoms with E-state index in [0.717, 1.165) is 22.2 Å². The predicted octanol–water partition coefficient (Wildman–Crippen LogP) is -0.0676. The lowest BCUT2D eigenvalue weighted by atomic mass is 10.1. The highest BCUT2D eigenvalue weighted by Crippen LogP contribution is 2.29. The fourth-order valence-corrected chi connectivity index (χ4v) is 2.16. The number of rotatable bonds is 6. The van der Waals surface area contributed by atoms with Gasteiger partial charge in [-0.05, 0) is 35.4 Å². The van der Waals surface area contributed by atoms with Gasteiger partial charge in [-0.3, -0.25) is 9.63 Å². The quantitative estimate of drug-likeness (QED) is 0.748. The SMILES string of the molecule is COc1cccc(-n2nnn(C)c2=O)c1CONC(=O)C1CC1. The molecule has 0 unspecified atom stereocenters. The summed E-state index contributed by atoms with van der Waals surface area (Å²) >= 11 is 0. The minimum absolute atomic E-state index is 0.0425. The molecule has 0 spiro atoms. The number of aryl methyl sites for hydroxylation is 1. The molecule has 1 saturated carbocycles. The molecule has 1 N–H and O–H groups in total. The van der Waals surface area contributed by atoms with Crippen LogP contribution in [0.5, 0.6) is 5.75 Å². The highest BCUT2D eigenvalue weighted by Gasteiger charge is 2.29. The van der Waals surface area contributed by atoms with Crippen LogP contribution in [0.2, 0.25) is 0 Å². The van der Waals surface area contributed by atoms with Crippen LogP contribution >= 0.6 is 0 Å². The van der Waals surface area contributed by atoms with E-state index >= 15 is 0 Å². The molecule has 2 aromatic rings. The lowest BCUT2D eigenvalue weighted by molar-refractivity contribution is -0.135. The lowest BCUT2D eigenvalue weighted by Crippen LogP contribution is -2.26. The number of carbonyl (C=O) groups excluding carboxylic acids is 1. The molecular formula is C14H17N5O4. The number of benzene rings is 1. The minimum atomic E-state index is -0.387. The molecule has 23 heavy (non-hydrogen) atoms. The van der Waals surface area contributed by atoms with E-state index in [-0.39, 0.29) is 24.1 Å². The zero-order valence-corrected chi connectivity index (χ0v) is 12.9. The molecule has 1 fully saturated rings. The monoisotopic (exact) mass is 319 g/mol. The van der Waals surface area contributed by atoms with E-state index in [0.29, 0.717) is 17.0 Å². The molecule has 0 bridgehead atoms. The van der Waals surface area contributed by atoms with Crippen molar-refractivity contribution in [3.05, 3.63) is 34.2 Å². The summed E-state index contributed by atoms with van der Waals surface area (Å²) in [6.07, 6.45) is 1.79. The molecule has 0 aliphatic heterocycles. The minimum Gasteiger partial charge on any atom is -0.496 e. The molecular weight excluding hydrogens is 302 g/mol. The molecule has 0 atom stereocenters. The maximum absolute atomic E-state index is 12.1. The molecule has 0 radical (unpaired) electrons. The van der Waals surface area contributed by atoms with Crippen molar-refractivity contribution in [1.29, 1.82) is 0 Å². The van der Waals surface area contributed by atoms with Crippen LogP contribution in [-0.4, -0.2) is 32.8 Å². The van der Waals surface area contributed by atoms with Crippen LogP contribution in [-0.2, 0) is 23.3 Å². The van der Waals surface area contributed by atoms with Gasteiger partial charge in [0.05, 0.1) is 12.8 Å². The van der Waals surface area contributed by atoms with Crippen molar-refractivity contribution in [1.82, 2.24) is 25.3 Å². The number of amides is 1. The van der Waals surface area contributed by atoms with Gasteiger partial charge in [-0.25, -0.2) is 10.3 Å². The van der Waals surface area contributed by atoms with Gasteiger partial charge in [-0.1, -0.05) is 6.07 Å². The van der Waals surface area contributed by atoms with Crippen molar-refractivity contribution < 1.29 is 14.4 Å². The zero-order valence-electron chi connectivity index (χ0n) is 12.9. The molecule has 9 nitrogen and oxygen atoms in total. The first-order valence-corrected chi connectivity index (χ1v) is 7.18. The Kier molecular flexibility index (Phi) is 4.11. The third-order valence-electron chi connectivity index (χ3n) is 3.62. The summed E-state index contributed by atoms with van der Waals surface area (Å²) in [4.78, 5) is 28.9. The van der Waals surface area contributed by atoms with Crippen LogP contribution in [0.15, 0.2) is 23.0 Å². The topological polar surface area (TPSA) is 100 Å². The number of nitrogens with one attached hydrogen (secondary N) is 1. The Balaban J connectivity index is 1.85. The lowest BCUT2D eigenvalue weighted by Gasteiger charge is -2.13. The first kappa shape index (κ1) is 15.2. The van der Waals surface area contributed by atoms with Gasteiger partial charge >= 0.3 is 5.69 Å². The molecule has 1 heterocycles. The van der Waals surface area contributed by atoms with Gasteiger partial charge in [0.25, 0.3) is 0 Å². The average molecular weight is 319 g/mol. The Morgan fingerprint density at radius 3 is 2.78 bits per heavy atom. The van der Waals surface area contributed by atoms with E-state index in [1.54, 1.807) is 18.2 Å². The maximum Gasteiger partial charge on any atom is 0.368 e. The third-order valence-corrected chi connectivity index (χ3v) is 3.62. The van der Waals surface area contributed by atoms with E-state index in [1.165, 1.54) is 14.2 Å². The molecule has 1 aliphatic rings. The van der Waals surface area contributed by atoms with Crippen molar-refractivity contribution in [3.8, 4) is 11.4 Å². The number of carbonyl (C=O) groups is 1. The fourth-order valence-electron chi connectivity index (χ4n) is 2.16. The summed E-state index contributed by atoms with van der Waals surface area (Å²) in [6.45, 7) is 0.0425. The summed E-state index contributed by atoms with van der Waals surface area (Å²) < 4.78 is 7.59. The van der Waals surface area contributed by atoms with Crippen LogP contribution in [0.3, 0.4) is 0 Å². The van der Waals surface area contributed by atoms with Gasteiger partial charge in [-0.2, -0.15) is 9.36 Å². The molecule has 9 heteroatoms. The smallest absolute Gasteiger partial charge is 0.368 e. The van der Waals surface area contributed by atoms with Gasteiger partial charge in [0.1, 0.15) is 12.4 Å². The van der Waals surface area contributed by atoms with Gasteiger partial charge in [0.2, 0.25) is 5.91 Å². The maximum atomic E-state index is 12.1. The van der Waals surface area contributed by atoms with Gasteiger partial charge in [0.15, 0.2) is 0 Å². The van der Waals surface area contributed by atoms with E-state index in [9.17, 15) is 9.59 Å². The van der Waals surface area contributed by atoms with Crippen molar-refractivity contribution >= 4 is 5.91 Å². The van der Waals surface area contributed by atoms with E-state index in [2.05, 4.69) is 15.9 Å². The summed E-state index contributed by atoms with van der Waals surface area (Å²) in [5.74, 6) is 0.452. The second kappa shape index (κ2) is 6.21. The van der Waals surface area contributed by atoms with Crippen LogP contribution < -0.4 is 15.9 Å². The molecule has 1 aromatic heterocycles. The summed E-state index contributed by atoms with van der Waals surface area (Å²) in [6, 6.07) is 5.19. The van der Waals surface area contributed by atoms with Crippen LogP contribution in [0.25, 0.3) is 5.69 Å². The van der Waals surface area contributed by atoms with Gasteiger partial charge in [0, 0.05) is 18.5 Å². The largest absolute Gasteiger partial charge is 0.496 e. The van der Waals surface area contributed by atoms with Gasteiger partial charge in [-0.15, -0.1) is 0 Å². The van der Waals surface area contributed by atoms with Crippen molar-refractivity contribution in [3.63, 3.8) is 0 Å². The summed E-state index contributed by atoms with van der Waals surface area (Å²) in [5, 5.41) is 7.52. The summed E-state index contributed by atoms with van der Waals surface area (Å²) in [7, 11) is 3.03. The molecule has 1 aromatic carbocycles.